The molecule has 1 aromatic rings. The number of sulfonamides is 1. The van der Waals surface area contributed by atoms with Gasteiger partial charge in [0, 0.05) is 19.8 Å². The van der Waals surface area contributed by atoms with Gasteiger partial charge < -0.3 is 5.11 Å². The predicted octanol–water partition coefficient (Wildman–Crippen LogP) is 1.77. The van der Waals surface area contributed by atoms with Crippen molar-refractivity contribution in [3.63, 3.8) is 0 Å². The molecule has 0 aliphatic heterocycles. The van der Waals surface area contributed by atoms with E-state index in [9.17, 15) is 8.42 Å². The maximum atomic E-state index is 12.4. The van der Waals surface area contributed by atoms with Crippen LogP contribution in [-0.2, 0) is 16.6 Å². The van der Waals surface area contributed by atoms with Gasteiger partial charge in [0.25, 0.3) is 10.0 Å². The van der Waals surface area contributed by atoms with Crippen LogP contribution in [0.5, 0.6) is 0 Å². The lowest BCUT2D eigenvalue weighted by molar-refractivity contribution is 0.281. The van der Waals surface area contributed by atoms with Crippen molar-refractivity contribution >= 4 is 10.0 Å². The van der Waals surface area contributed by atoms with Gasteiger partial charge in [-0.1, -0.05) is 25.3 Å². The number of rotatable bonds is 5. The van der Waals surface area contributed by atoms with Gasteiger partial charge in [-0.05, 0) is 30.4 Å². The van der Waals surface area contributed by atoms with E-state index in [0.717, 1.165) is 12.8 Å². The van der Waals surface area contributed by atoms with E-state index in [4.69, 9.17) is 5.11 Å². The number of aliphatic hydroxyl groups is 1. The van der Waals surface area contributed by atoms with Crippen molar-refractivity contribution in [1.82, 2.24) is 9.29 Å². The molecule has 0 radical (unpaired) electrons. The molecule has 20 heavy (non-hydrogen) atoms. The Balaban J connectivity index is 2.07. The van der Waals surface area contributed by atoms with E-state index in [0.29, 0.717) is 18.0 Å². The fraction of sp³-hybridized carbons (Fsp3) is 0.643. The molecule has 0 aromatic carbocycles. The number of pyridine rings is 1. The second-order valence-electron chi connectivity index (χ2n) is 5.45. The first-order valence-electron chi connectivity index (χ1n) is 7.06. The van der Waals surface area contributed by atoms with Gasteiger partial charge >= 0.3 is 0 Å². The summed E-state index contributed by atoms with van der Waals surface area (Å²) in [7, 11) is -1.91. The van der Waals surface area contributed by atoms with Crippen LogP contribution in [0.3, 0.4) is 0 Å². The summed E-state index contributed by atoms with van der Waals surface area (Å²) in [5, 5.41) is 9.01. The Morgan fingerprint density at radius 2 is 2.00 bits per heavy atom. The Bertz CT molecular complexity index is 522. The van der Waals surface area contributed by atoms with Crippen molar-refractivity contribution < 1.29 is 13.5 Å². The van der Waals surface area contributed by atoms with Crippen molar-refractivity contribution in [1.29, 1.82) is 0 Å². The third-order valence-electron chi connectivity index (χ3n) is 3.89. The minimum absolute atomic E-state index is 0.0491. The van der Waals surface area contributed by atoms with Crippen LogP contribution in [0.15, 0.2) is 23.4 Å². The zero-order chi connectivity index (χ0) is 14.6. The fourth-order valence-electron chi connectivity index (χ4n) is 2.65. The number of aromatic nitrogens is 1. The molecular formula is C14H22N2O3S. The highest BCUT2D eigenvalue weighted by Crippen LogP contribution is 2.25. The summed E-state index contributed by atoms with van der Waals surface area (Å²) in [6.45, 7) is 0.428. The van der Waals surface area contributed by atoms with Crippen molar-refractivity contribution in [2.24, 2.45) is 5.92 Å². The third kappa shape index (κ3) is 3.56. The molecule has 1 saturated carbocycles. The molecule has 0 amide bonds. The van der Waals surface area contributed by atoms with Gasteiger partial charge in [-0.25, -0.2) is 13.4 Å². The van der Waals surface area contributed by atoms with Gasteiger partial charge in [0.2, 0.25) is 0 Å². The number of hydrogen-bond acceptors (Lipinski definition) is 4. The fourth-order valence-corrected chi connectivity index (χ4v) is 3.80. The second-order valence-corrected chi connectivity index (χ2v) is 7.44. The van der Waals surface area contributed by atoms with Gasteiger partial charge in [0.05, 0.1) is 6.61 Å². The molecule has 1 aromatic heterocycles. The maximum absolute atomic E-state index is 12.4. The van der Waals surface area contributed by atoms with E-state index < -0.39 is 10.0 Å². The highest BCUT2D eigenvalue weighted by molar-refractivity contribution is 7.89. The molecule has 1 fully saturated rings. The molecule has 2 rings (SSSR count). The largest absolute Gasteiger partial charge is 0.392 e. The zero-order valence-corrected chi connectivity index (χ0v) is 12.6. The molecule has 0 unspecified atom stereocenters. The molecule has 1 heterocycles. The van der Waals surface area contributed by atoms with Crippen LogP contribution >= 0.6 is 0 Å². The molecule has 0 atom stereocenters. The summed E-state index contributed by atoms with van der Waals surface area (Å²) in [5.74, 6) is 0.459. The van der Waals surface area contributed by atoms with Crippen LogP contribution in [0.25, 0.3) is 0 Å². The van der Waals surface area contributed by atoms with E-state index in [1.54, 1.807) is 13.1 Å². The summed E-state index contributed by atoms with van der Waals surface area (Å²) in [6, 6.07) is 3.05. The van der Waals surface area contributed by atoms with Gasteiger partial charge in [0.15, 0.2) is 5.03 Å². The second kappa shape index (κ2) is 6.65. The molecule has 5 nitrogen and oxygen atoms in total. The van der Waals surface area contributed by atoms with E-state index in [-0.39, 0.29) is 11.6 Å². The quantitative estimate of drug-likeness (QED) is 0.899. The van der Waals surface area contributed by atoms with Crippen molar-refractivity contribution in [2.45, 2.75) is 43.7 Å². The van der Waals surface area contributed by atoms with Crippen molar-refractivity contribution in [2.75, 3.05) is 13.6 Å². The molecule has 1 N–H and O–H groups in total. The smallest absolute Gasteiger partial charge is 0.260 e. The van der Waals surface area contributed by atoms with Gasteiger partial charge in [-0.15, -0.1) is 0 Å². The van der Waals surface area contributed by atoms with Crippen LogP contribution in [0, 0.1) is 5.92 Å². The zero-order valence-electron chi connectivity index (χ0n) is 11.8. The topological polar surface area (TPSA) is 70.5 Å². The first-order valence-corrected chi connectivity index (χ1v) is 8.50. The van der Waals surface area contributed by atoms with Gasteiger partial charge in [-0.3, -0.25) is 0 Å². The standard InChI is InChI=1S/C14H22N2O3S/c1-16(10-12-5-3-2-4-6-12)20(18,19)14-8-7-13(11-17)9-15-14/h7-9,12,17H,2-6,10-11H2,1H3. The van der Waals surface area contributed by atoms with Gasteiger partial charge in [-0.2, -0.15) is 4.31 Å². The summed E-state index contributed by atoms with van der Waals surface area (Å²) in [4.78, 5) is 3.95. The van der Waals surface area contributed by atoms with Crippen LogP contribution in [0.4, 0.5) is 0 Å². The van der Waals surface area contributed by atoms with Crippen molar-refractivity contribution in [3.8, 4) is 0 Å². The van der Waals surface area contributed by atoms with Crippen LogP contribution in [-0.4, -0.2) is 36.4 Å². The molecule has 0 spiro atoms. The van der Waals surface area contributed by atoms with Crippen LogP contribution in [0.1, 0.15) is 37.7 Å². The summed E-state index contributed by atoms with van der Waals surface area (Å²) >= 11 is 0. The predicted molar refractivity (Wildman–Crippen MR) is 76.6 cm³/mol. The van der Waals surface area contributed by atoms with E-state index in [1.165, 1.54) is 35.8 Å². The van der Waals surface area contributed by atoms with Crippen LogP contribution < -0.4 is 0 Å². The number of nitrogens with zero attached hydrogens (tertiary/aromatic N) is 2. The normalized spacial score (nSPS) is 17.6. The average molecular weight is 298 g/mol. The molecular weight excluding hydrogens is 276 g/mol. The molecule has 1 aliphatic rings. The monoisotopic (exact) mass is 298 g/mol. The average Bonchev–Trinajstić information content (AvgIpc) is 2.48. The Kier molecular flexibility index (Phi) is 5.12. The van der Waals surface area contributed by atoms with E-state index in [2.05, 4.69) is 4.98 Å². The molecule has 0 bridgehead atoms. The molecule has 6 heteroatoms. The lowest BCUT2D eigenvalue weighted by Crippen LogP contribution is -2.33. The first-order chi connectivity index (χ1) is 9.54. The van der Waals surface area contributed by atoms with Gasteiger partial charge in [0.1, 0.15) is 0 Å². The highest BCUT2D eigenvalue weighted by Gasteiger charge is 2.25. The Hall–Kier alpha value is -0.980. The summed E-state index contributed by atoms with van der Waals surface area (Å²) in [6.07, 6.45) is 7.27. The Morgan fingerprint density at radius 3 is 2.55 bits per heavy atom. The van der Waals surface area contributed by atoms with Crippen LogP contribution in [0.2, 0.25) is 0 Å². The highest BCUT2D eigenvalue weighted by atomic mass is 32.2. The Labute approximate surface area is 120 Å². The molecule has 112 valence electrons. The third-order valence-corrected chi connectivity index (χ3v) is 5.63. The molecule has 1 aliphatic carbocycles. The SMILES string of the molecule is CN(CC1CCCCC1)S(=O)(=O)c1ccc(CO)cn1. The minimum Gasteiger partial charge on any atom is -0.392 e. The van der Waals surface area contributed by atoms with Crippen molar-refractivity contribution in [3.05, 3.63) is 23.9 Å². The summed E-state index contributed by atoms with van der Waals surface area (Å²) < 4.78 is 26.2. The molecule has 0 saturated heterocycles. The minimum atomic E-state index is -3.52. The number of hydrogen-bond donors (Lipinski definition) is 1. The lowest BCUT2D eigenvalue weighted by atomic mass is 9.89. The number of aliphatic hydroxyl groups excluding tert-OH is 1. The lowest BCUT2D eigenvalue weighted by Gasteiger charge is -2.26. The van der Waals surface area contributed by atoms with E-state index in [1.807, 2.05) is 0 Å². The van der Waals surface area contributed by atoms with E-state index >= 15 is 0 Å². The first kappa shape index (κ1) is 15.4. The summed E-state index contributed by atoms with van der Waals surface area (Å²) in [5.41, 5.74) is 0.610. The maximum Gasteiger partial charge on any atom is 0.260 e. The Morgan fingerprint density at radius 1 is 1.30 bits per heavy atom.